The first-order chi connectivity index (χ1) is 19.5. The van der Waals surface area contributed by atoms with E-state index in [9.17, 15) is 9.59 Å². The van der Waals surface area contributed by atoms with Gasteiger partial charge in [0.25, 0.3) is 11.8 Å². The third-order valence-electron chi connectivity index (χ3n) is 7.79. The Morgan fingerprint density at radius 3 is 2.42 bits per heavy atom. The first kappa shape index (κ1) is 28.3. The maximum atomic E-state index is 13.6. The number of benzene rings is 2. The summed E-state index contributed by atoms with van der Waals surface area (Å²) in [5.74, 6) is 0.0451. The number of imidazole rings is 1. The molecule has 0 N–H and O–H groups in total. The first-order valence-electron chi connectivity index (χ1n) is 14.6. The molecular formula is C31H38ClN5O3. The summed E-state index contributed by atoms with van der Waals surface area (Å²) in [6, 6.07) is 9.38. The average molecular weight is 564 g/mol. The molecule has 0 atom stereocenters. The van der Waals surface area contributed by atoms with Crippen LogP contribution in [0, 0.1) is 0 Å². The van der Waals surface area contributed by atoms with Crippen LogP contribution in [0.15, 0.2) is 35.4 Å². The fourth-order valence-corrected chi connectivity index (χ4v) is 5.87. The predicted octanol–water partition coefficient (Wildman–Crippen LogP) is 6.47. The highest BCUT2D eigenvalue weighted by Crippen LogP contribution is 2.36. The molecule has 0 unspecified atom stereocenters. The smallest absolute Gasteiger partial charge is 0.282 e. The molecule has 40 heavy (non-hydrogen) atoms. The highest BCUT2D eigenvalue weighted by Gasteiger charge is 2.34. The molecule has 1 saturated heterocycles. The summed E-state index contributed by atoms with van der Waals surface area (Å²) in [7, 11) is 0. The van der Waals surface area contributed by atoms with Crippen LogP contribution in [0.1, 0.15) is 91.0 Å². The van der Waals surface area contributed by atoms with Gasteiger partial charge in [-0.1, -0.05) is 69.7 Å². The normalized spacial score (nSPS) is 15.7. The number of imide groups is 1. The van der Waals surface area contributed by atoms with Crippen LogP contribution in [0.3, 0.4) is 0 Å². The molecule has 0 bridgehead atoms. The van der Waals surface area contributed by atoms with Crippen molar-refractivity contribution < 1.29 is 14.3 Å². The van der Waals surface area contributed by atoms with E-state index in [1.807, 2.05) is 24.3 Å². The Balaban J connectivity index is 1.44. The van der Waals surface area contributed by atoms with Gasteiger partial charge in [0.05, 0.1) is 30.6 Å². The summed E-state index contributed by atoms with van der Waals surface area (Å²) in [5, 5.41) is 7.31. The molecule has 2 aliphatic heterocycles. The number of anilines is 1. The molecule has 8 nitrogen and oxygen atoms in total. The van der Waals surface area contributed by atoms with Crippen molar-refractivity contribution in [2.24, 2.45) is 5.10 Å². The number of aromatic nitrogens is 2. The summed E-state index contributed by atoms with van der Waals surface area (Å²) < 4.78 is 7.62. The van der Waals surface area contributed by atoms with Crippen LogP contribution in [0.2, 0.25) is 5.15 Å². The van der Waals surface area contributed by atoms with Gasteiger partial charge in [-0.15, -0.1) is 0 Å². The average Bonchev–Trinajstić information content (AvgIpc) is 3.28. The van der Waals surface area contributed by atoms with Gasteiger partial charge in [-0.05, 0) is 31.0 Å². The number of carbonyl (C=O) groups is 2. The van der Waals surface area contributed by atoms with Crippen LogP contribution in [-0.4, -0.2) is 58.9 Å². The molecule has 3 heterocycles. The van der Waals surface area contributed by atoms with Crippen molar-refractivity contribution >= 4 is 46.1 Å². The zero-order valence-corrected chi connectivity index (χ0v) is 24.3. The molecule has 1 fully saturated rings. The van der Waals surface area contributed by atoms with E-state index >= 15 is 0 Å². The molecule has 0 spiro atoms. The third-order valence-corrected chi connectivity index (χ3v) is 8.07. The number of ether oxygens (including phenoxy) is 1. The second kappa shape index (κ2) is 13.0. The van der Waals surface area contributed by atoms with E-state index in [1.165, 1.54) is 25.5 Å². The van der Waals surface area contributed by atoms with Crippen LogP contribution in [0.4, 0.5) is 5.69 Å². The van der Waals surface area contributed by atoms with Crippen molar-refractivity contribution in [1.29, 1.82) is 0 Å². The van der Waals surface area contributed by atoms with Gasteiger partial charge in [0.1, 0.15) is 11.5 Å². The zero-order valence-electron chi connectivity index (χ0n) is 23.5. The molecule has 0 aliphatic carbocycles. The number of carbonyl (C=O) groups excluding carboxylic acids is 2. The number of amides is 2. The largest absolute Gasteiger partial charge is 0.378 e. The van der Waals surface area contributed by atoms with Gasteiger partial charge in [-0.25, -0.2) is 4.98 Å². The first-order valence-corrected chi connectivity index (χ1v) is 15.0. The van der Waals surface area contributed by atoms with Gasteiger partial charge >= 0.3 is 0 Å². The lowest BCUT2D eigenvalue weighted by Gasteiger charge is -2.31. The molecule has 2 amide bonds. The molecule has 2 aliphatic rings. The lowest BCUT2D eigenvalue weighted by atomic mass is 9.93. The second-order valence-corrected chi connectivity index (χ2v) is 10.9. The molecular weight excluding hydrogens is 526 g/mol. The van der Waals surface area contributed by atoms with E-state index in [2.05, 4.69) is 33.4 Å². The summed E-state index contributed by atoms with van der Waals surface area (Å²) in [4.78, 5) is 34.1. The van der Waals surface area contributed by atoms with Crippen molar-refractivity contribution in [1.82, 2.24) is 14.6 Å². The Morgan fingerprint density at radius 1 is 0.950 bits per heavy atom. The molecule has 2 aromatic carbocycles. The zero-order chi connectivity index (χ0) is 28.1. The number of morpholine rings is 1. The SMILES string of the molecule is CCCCCCCn1c(CCCC)nc(Cl)c1/C=N/N1C(=O)c2cccc3c(N4CCOCC4)ccc(c23)C1=O. The summed E-state index contributed by atoms with van der Waals surface area (Å²) in [6.07, 6.45) is 10.2. The maximum absolute atomic E-state index is 13.6. The van der Waals surface area contributed by atoms with Gasteiger partial charge in [-0.2, -0.15) is 10.1 Å². The van der Waals surface area contributed by atoms with Gasteiger partial charge < -0.3 is 14.2 Å². The topological polar surface area (TPSA) is 80.0 Å². The van der Waals surface area contributed by atoms with E-state index in [4.69, 9.17) is 16.3 Å². The van der Waals surface area contributed by atoms with Crippen LogP contribution in [0.5, 0.6) is 0 Å². The van der Waals surface area contributed by atoms with E-state index in [0.29, 0.717) is 40.6 Å². The molecule has 1 aromatic heterocycles. The minimum Gasteiger partial charge on any atom is -0.378 e. The number of rotatable bonds is 12. The monoisotopic (exact) mass is 563 g/mol. The summed E-state index contributed by atoms with van der Waals surface area (Å²) in [5.41, 5.74) is 2.59. The number of nitrogens with zero attached hydrogens (tertiary/aromatic N) is 5. The fourth-order valence-electron chi connectivity index (χ4n) is 5.62. The van der Waals surface area contributed by atoms with E-state index in [0.717, 1.165) is 73.6 Å². The van der Waals surface area contributed by atoms with Crippen LogP contribution in [-0.2, 0) is 17.7 Å². The number of halogens is 1. The fraction of sp³-hybridized carbons (Fsp3) is 0.484. The van der Waals surface area contributed by atoms with E-state index in [1.54, 1.807) is 6.07 Å². The Labute approximate surface area is 240 Å². The van der Waals surface area contributed by atoms with Crippen molar-refractivity contribution in [3.05, 3.63) is 58.1 Å². The molecule has 0 saturated carbocycles. The Morgan fingerprint density at radius 2 is 1.68 bits per heavy atom. The van der Waals surface area contributed by atoms with Crippen molar-refractivity contribution in [2.45, 2.75) is 71.8 Å². The number of hydrazone groups is 1. The van der Waals surface area contributed by atoms with Crippen LogP contribution in [0.25, 0.3) is 10.8 Å². The van der Waals surface area contributed by atoms with Gasteiger partial charge in [0, 0.05) is 42.5 Å². The third kappa shape index (κ3) is 5.65. The predicted molar refractivity (Wildman–Crippen MR) is 160 cm³/mol. The van der Waals surface area contributed by atoms with Crippen molar-refractivity contribution in [2.75, 3.05) is 31.2 Å². The number of hydrogen-bond donors (Lipinski definition) is 0. The lowest BCUT2D eigenvalue weighted by Crippen LogP contribution is -2.38. The Bertz CT molecular complexity index is 1390. The molecule has 3 aromatic rings. The van der Waals surface area contributed by atoms with Crippen LogP contribution < -0.4 is 4.90 Å². The summed E-state index contributed by atoms with van der Waals surface area (Å²) >= 11 is 6.59. The maximum Gasteiger partial charge on any atom is 0.282 e. The second-order valence-electron chi connectivity index (χ2n) is 10.5. The molecule has 5 rings (SSSR count). The van der Waals surface area contributed by atoms with Crippen LogP contribution >= 0.6 is 11.6 Å². The van der Waals surface area contributed by atoms with Crippen molar-refractivity contribution in [3.63, 3.8) is 0 Å². The Kier molecular flexibility index (Phi) is 9.17. The number of aryl methyl sites for hydroxylation is 1. The molecule has 9 heteroatoms. The van der Waals surface area contributed by atoms with E-state index < -0.39 is 11.8 Å². The van der Waals surface area contributed by atoms with Gasteiger partial charge in [0.15, 0.2) is 5.15 Å². The quantitative estimate of drug-likeness (QED) is 0.143. The highest BCUT2D eigenvalue weighted by atomic mass is 35.5. The van der Waals surface area contributed by atoms with Crippen molar-refractivity contribution in [3.8, 4) is 0 Å². The van der Waals surface area contributed by atoms with Gasteiger partial charge in [0.2, 0.25) is 0 Å². The van der Waals surface area contributed by atoms with E-state index in [-0.39, 0.29) is 0 Å². The van der Waals surface area contributed by atoms with Gasteiger partial charge in [-0.3, -0.25) is 9.59 Å². The minimum atomic E-state index is -0.438. The lowest BCUT2D eigenvalue weighted by molar-refractivity contribution is 0.0616. The summed E-state index contributed by atoms with van der Waals surface area (Å²) in [6.45, 7) is 7.98. The number of hydrogen-bond acceptors (Lipinski definition) is 6. The molecule has 0 radical (unpaired) electrons. The Hall–Kier alpha value is -3.23. The molecule has 212 valence electrons. The number of unbranched alkanes of at least 4 members (excludes halogenated alkanes) is 5. The standard InChI is InChI=1S/C31H38ClN5O3/c1-3-5-7-8-9-16-36-26(29(32)34-27(36)13-6-4-2)21-33-37-30(38)23-12-10-11-22-25(35-17-19-40-20-18-35)15-14-24(28(22)23)31(37)39/h10-12,14-15,21H,3-9,13,16-20H2,1-2H3/b33-21+. The minimum absolute atomic E-state index is 0.345. The highest BCUT2D eigenvalue weighted by molar-refractivity contribution is 6.32.